The van der Waals surface area contributed by atoms with Gasteiger partial charge in [-0.1, -0.05) is 23.7 Å². The maximum Gasteiger partial charge on any atom is 0.251 e. The Morgan fingerprint density at radius 1 is 1.03 bits per heavy atom. The van der Waals surface area contributed by atoms with Crippen LogP contribution in [0.2, 0.25) is 5.02 Å². The second kappa shape index (κ2) is 10.3. The van der Waals surface area contributed by atoms with Crippen LogP contribution in [0.15, 0.2) is 59.2 Å². The number of rotatable bonds is 6. The summed E-state index contributed by atoms with van der Waals surface area (Å²) in [6, 6.07) is 14.4. The lowest BCUT2D eigenvalue weighted by atomic mass is 9.79. The molecule has 3 N–H and O–H groups in total. The summed E-state index contributed by atoms with van der Waals surface area (Å²) in [5.74, 6) is 0.786. The van der Waals surface area contributed by atoms with E-state index in [2.05, 4.69) is 41.8 Å². The maximum absolute atomic E-state index is 12.9. The smallest absolute Gasteiger partial charge is 0.251 e. The number of hydroxylamine groups is 2. The number of benzene rings is 2. The Labute approximate surface area is 224 Å². The topological polar surface area (TPSA) is 102 Å². The van der Waals surface area contributed by atoms with Crippen LogP contribution >= 0.6 is 27.5 Å². The molecule has 3 aromatic rings. The Kier molecular flexibility index (Phi) is 7.56. The van der Waals surface area contributed by atoms with Crippen LogP contribution in [0.3, 0.4) is 0 Å². The lowest BCUT2D eigenvalue weighted by molar-refractivity contribution is -0.289. The first-order chi connectivity index (χ1) is 16.9. The Morgan fingerprint density at radius 3 is 2.31 bits per heavy atom. The fourth-order valence-corrected chi connectivity index (χ4v) is 5.15. The quantitative estimate of drug-likeness (QED) is 0.313. The molecular weight excluding hydrogens is 544 g/mol. The molecule has 8 nitrogen and oxygen atoms in total. The van der Waals surface area contributed by atoms with Crippen LogP contribution in [0.25, 0.3) is 0 Å². The number of aromatic nitrogens is 2. The average molecular weight is 573 g/mol. The zero-order valence-electron chi connectivity index (χ0n) is 20.6. The van der Waals surface area contributed by atoms with E-state index in [1.165, 1.54) is 0 Å². The van der Waals surface area contributed by atoms with Gasteiger partial charge in [0, 0.05) is 34.6 Å². The molecule has 0 atom stereocenters. The summed E-state index contributed by atoms with van der Waals surface area (Å²) in [4.78, 5) is 21.7. The summed E-state index contributed by atoms with van der Waals surface area (Å²) >= 11 is 9.71. The summed E-state index contributed by atoms with van der Waals surface area (Å²) in [6.07, 6.45) is 2.83. The number of carbonyl (C=O) groups excluding carboxylic acids is 1. The van der Waals surface area contributed by atoms with Crippen molar-refractivity contribution in [3.05, 3.63) is 69.8 Å². The molecule has 4 rings (SSSR count). The highest BCUT2D eigenvalue weighted by Gasteiger charge is 2.46. The standard InChI is InChI=1S/C26H29BrClN6O2/c1-25(2)13-18(14-26(3,4)34(25)36)30-23(35)16-9-11-17(12-10-16)31-24-29-15-19(27)22(33-24)32-21-8-6-5-7-20(21)28/h5-12,15,18H,13-14H2,1-4H3,(H,30,35)(H2,29,31,32,33). The molecule has 10 heteroatoms. The molecule has 0 bridgehead atoms. The minimum Gasteiger partial charge on any atom is -0.349 e. The molecule has 0 unspecified atom stereocenters. The molecule has 0 saturated carbocycles. The van der Waals surface area contributed by atoms with Gasteiger partial charge >= 0.3 is 0 Å². The van der Waals surface area contributed by atoms with E-state index < -0.39 is 11.1 Å². The van der Waals surface area contributed by atoms with Gasteiger partial charge in [-0.3, -0.25) is 4.79 Å². The van der Waals surface area contributed by atoms with Crippen molar-refractivity contribution in [3.63, 3.8) is 0 Å². The van der Waals surface area contributed by atoms with Gasteiger partial charge in [0.1, 0.15) is 5.82 Å². The Bertz CT molecular complexity index is 1230. The predicted molar refractivity (Wildman–Crippen MR) is 145 cm³/mol. The average Bonchev–Trinajstić information content (AvgIpc) is 2.81. The predicted octanol–water partition coefficient (Wildman–Crippen LogP) is 6.48. The highest BCUT2D eigenvalue weighted by Crippen LogP contribution is 2.37. The summed E-state index contributed by atoms with van der Waals surface area (Å²) in [5.41, 5.74) is 0.917. The van der Waals surface area contributed by atoms with E-state index >= 15 is 0 Å². The number of nitrogens with zero attached hydrogens (tertiary/aromatic N) is 3. The number of amides is 1. The summed E-state index contributed by atoms with van der Waals surface area (Å²) in [6.45, 7) is 7.67. The number of piperidine rings is 1. The molecule has 1 saturated heterocycles. The van der Waals surface area contributed by atoms with Gasteiger partial charge in [-0.25, -0.2) is 4.98 Å². The summed E-state index contributed by atoms with van der Waals surface area (Å²) in [7, 11) is 0. The zero-order valence-corrected chi connectivity index (χ0v) is 22.9. The first kappa shape index (κ1) is 26.3. The third-order valence-electron chi connectivity index (χ3n) is 6.20. The van der Waals surface area contributed by atoms with Crippen LogP contribution in [0, 0.1) is 0 Å². The van der Waals surface area contributed by atoms with Gasteiger partial charge in [-0.05, 0) is 92.9 Å². The molecule has 189 valence electrons. The van der Waals surface area contributed by atoms with Crippen molar-refractivity contribution >= 4 is 56.6 Å². The third-order valence-corrected chi connectivity index (χ3v) is 7.11. The van der Waals surface area contributed by atoms with Crippen LogP contribution in [0.4, 0.5) is 23.1 Å². The number of hydrogen-bond acceptors (Lipinski definition) is 6. The lowest BCUT2D eigenvalue weighted by Crippen LogP contribution is -2.62. The minimum atomic E-state index is -0.544. The normalized spacial score (nSPS) is 17.4. The van der Waals surface area contributed by atoms with Gasteiger partial charge < -0.3 is 16.0 Å². The molecular formula is C26H29BrClN6O2. The van der Waals surface area contributed by atoms with Crippen LogP contribution in [0.5, 0.6) is 0 Å². The molecule has 0 aliphatic carbocycles. The number of para-hydroxylation sites is 1. The third kappa shape index (κ3) is 5.98. The zero-order chi connectivity index (χ0) is 26.1. The Hall–Kier alpha value is -2.72. The van der Waals surface area contributed by atoms with E-state index in [1.807, 2.05) is 45.9 Å². The van der Waals surface area contributed by atoms with Gasteiger partial charge in [-0.2, -0.15) is 4.98 Å². The molecule has 1 aliphatic rings. The highest BCUT2D eigenvalue weighted by atomic mass is 79.9. The van der Waals surface area contributed by atoms with Gasteiger partial charge in [0.25, 0.3) is 5.91 Å². The fourth-order valence-electron chi connectivity index (χ4n) is 4.67. The number of halogens is 2. The van der Waals surface area contributed by atoms with Crippen LogP contribution < -0.4 is 16.0 Å². The van der Waals surface area contributed by atoms with Crippen molar-refractivity contribution in [2.45, 2.75) is 57.7 Å². The first-order valence-corrected chi connectivity index (χ1v) is 12.8. The van der Waals surface area contributed by atoms with Crippen molar-refractivity contribution in [1.29, 1.82) is 0 Å². The van der Waals surface area contributed by atoms with Crippen molar-refractivity contribution in [3.8, 4) is 0 Å². The van der Waals surface area contributed by atoms with Gasteiger partial charge in [0.2, 0.25) is 5.95 Å². The lowest BCUT2D eigenvalue weighted by Gasteiger charge is -2.50. The largest absolute Gasteiger partial charge is 0.349 e. The molecule has 1 radical (unpaired) electrons. The van der Waals surface area contributed by atoms with Gasteiger partial charge in [0.15, 0.2) is 0 Å². The monoisotopic (exact) mass is 571 g/mol. The van der Waals surface area contributed by atoms with Crippen molar-refractivity contribution < 1.29 is 10.0 Å². The molecule has 2 heterocycles. The van der Waals surface area contributed by atoms with Crippen LogP contribution in [-0.4, -0.2) is 38.1 Å². The summed E-state index contributed by atoms with van der Waals surface area (Å²) in [5, 5.41) is 23.8. The number of anilines is 4. The molecule has 0 spiro atoms. The second-order valence-electron chi connectivity index (χ2n) is 10.2. The highest BCUT2D eigenvalue weighted by molar-refractivity contribution is 9.10. The number of hydrogen-bond donors (Lipinski definition) is 3. The van der Waals surface area contributed by atoms with E-state index in [4.69, 9.17) is 11.6 Å². The van der Waals surface area contributed by atoms with E-state index in [1.54, 1.807) is 36.5 Å². The minimum absolute atomic E-state index is 0.0780. The van der Waals surface area contributed by atoms with Crippen LogP contribution in [-0.2, 0) is 5.21 Å². The summed E-state index contributed by atoms with van der Waals surface area (Å²) < 4.78 is 0.689. The molecule has 1 aliphatic heterocycles. The molecule has 1 fully saturated rings. The van der Waals surface area contributed by atoms with E-state index in [0.717, 1.165) is 16.4 Å². The van der Waals surface area contributed by atoms with Crippen molar-refractivity contribution in [2.24, 2.45) is 0 Å². The molecule has 36 heavy (non-hydrogen) atoms. The fraction of sp³-hybridized carbons (Fsp3) is 0.346. The van der Waals surface area contributed by atoms with Gasteiger partial charge in [0.05, 0.1) is 15.2 Å². The maximum atomic E-state index is 12.9. The first-order valence-electron chi connectivity index (χ1n) is 11.6. The van der Waals surface area contributed by atoms with Crippen LogP contribution in [0.1, 0.15) is 50.9 Å². The van der Waals surface area contributed by atoms with Crippen molar-refractivity contribution in [1.82, 2.24) is 20.3 Å². The Balaban J connectivity index is 1.41. The second-order valence-corrected chi connectivity index (χ2v) is 11.5. The van der Waals surface area contributed by atoms with Gasteiger partial charge in [-0.15, -0.1) is 10.3 Å². The number of carbonyl (C=O) groups is 1. The van der Waals surface area contributed by atoms with E-state index in [-0.39, 0.29) is 11.9 Å². The van der Waals surface area contributed by atoms with E-state index in [0.29, 0.717) is 39.7 Å². The molecule has 1 aromatic heterocycles. The SMILES string of the molecule is CC1(C)CC(NC(=O)c2ccc(Nc3ncc(Br)c(Nc4ccccc4Cl)n3)cc2)CC(C)(C)N1[O]. The Morgan fingerprint density at radius 2 is 1.67 bits per heavy atom. The molecule has 1 amide bonds. The molecule has 2 aromatic carbocycles. The number of nitrogens with one attached hydrogen (secondary N) is 3. The van der Waals surface area contributed by atoms with E-state index in [9.17, 15) is 10.0 Å². The van der Waals surface area contributed by atoms with Crippen molar-refractivity contribution in [2.75, 3.05) is 10.6 Å².